The van der Waals surface area contributed by atoms with Crippen LogP contribution in [0, 0.1) is 11.3 Å². The number of nitrogens with zero attached hydrogens (tertiary/aromatic N) is 3. The molecule has 1 aromatic heterocycles. The van der Waals surface area contributed by atoms with Crippen LogP contribution >= 0.6 is 11.8 Å². The van der Waals surface area contributed by atoms with Crippen molar-refractivity contribution in [1.82, 2.24) is 9.55 Å². The molecule has 8 heteroatoms. The van der Waals surface area contributed by atoms with Crippen molar-refractivity contribution < 1.29 is 9.59 Å². The van der Waals surface area contributed by atoms with E-state index in [9.17, 15) is 9.59 Å². The summed E-state index contributed by atoms with van der Waals surface area (Å²) in [6.45, 7) is 0. The first kappa shape index (κ1) is 21.9. The number of imidazole rings is 1. The van der Waals surface area contributed by atoms with E-state index in [0.717, 1.165) is 11.4 Å². The van der Waals surface area contributed by atoms with Gasteiger partial charge in [-0.1, -0.05) is 36.0 Å². The highest BCUT2D eigenvalue weighted by atomic mass is 32.2. The Morgan fingerprint density at radius 2 is 1.70 bits per heavy atom. The second kappa shape index (κ2) is 10.3. The van der Waals surface area contributed by atoms with Crippen LogP contribution in [0.15, 0.2) is 96.4 Å². The molecule has 0 radical (unpaired) electrons. The fourth-order valence-corrected chi connectivity index (χ4v) is 3.84. The van der Waals surface area contributed by atoms with E-state index in [1.807, 2.05) is 47.0 Å². The van der Waals surface area contributed by atoms with E-state index < -0.39 is 0 Å². The largest absolute Gasteiger partial charge is 0.325 e. The maximum Gasteiger partial charge on any atom is 0.255 e. The van der Waals surface area contributed by atoms with Gasteiger partial charge in [0.25, 0.3) is 5.91 Å². The highest BCUT2D eigenvalue weighted by Crippen LogP contribution is 2.22. The van der Waals surface area contributed by atoms with Gasteiger partial charge in [0, 0.05) is 35.0 Å². The van der Waals surface area contributed by atoms with E-state index in [1.165, 1.54) is 11.8 Å². The zero-order chi connectivity index (χ0) is 23.0. The SMILES string of the molecule is N#Cc1ccc(NC(=O)CSc2nccn2-c2cccc(C(=O)Nc3ccccc3)c2)cc1. The molecule has 162 valence electrons. The molecule has 7 nitrogen and oxygen atoms in total. The Morgan fingerprint density at radius 3 is 2.45 bits per heavy atom. The van der Waals surface area contributed by atoms with Gasteiger partial charge in [0.05, 0.1) is 17.4 Å². The summed E-state index contributed by atoms with van der Waals surface area (Å²) in [5, 5.41) is 15.2. The molecule has 33 heavy (non-hydrogen) atoms. The molecule has 0 saturated carbocycles. The van der Waals surface area contributed by atoms with Gasteiger partial charge < -0.3 is 10.6 Å². The van der Waals surface area contributed by atoms with Gasteiger partial charge in [-0.25, -0.2) is 4.98 Å². The van der Waals surface area contributed by atoms with Crippen LogP contribution in [0.1, 0.15) is 15.9 Å². The summed E-state index contributed by atoms with van der Waals surface area (Å²) in [7, 11) is 0. The second-order valence-corrected chi connectivity index (χ2v) is 7.92. The zero-order valence-corrected chi connectivity index (χ0v) is 18.3. The Hall–Kier alpha value is -4.35. The molecule has 0 unspecified atom stereocenters. The summed E-state index contributed by atoms with van der Waals surface area (Å²) in [5.74, 6) is -0.236. The summed E-state index contributed by atoms with van der Waals surface area (Å²) in [6.07, 6.45) is 3.44. The van der Waals surface area contributed by atoms with Gasteiger partial charge >= 0.3 is 0 Å². The fourth-order valence-electron chi connectivity index (χ4n) is 3.07. The Balaban J connectivity index is 1.41. The Bertz CT molecular complexity index is 1310. The molecule has 0 aliphatic rings. The van der Waals surface area contributed by atoms with Crippen molar-refractivity contribution in [3.63, 3.8) is 0 Å². The van der Waals surface area contributed by atoms with Crippen molar-refractivity contribution in [2.45, 2.75) is 5.16 Å². The molecule has 0 fully saturated rings. The number of rotatable bonds is 7. The minimum atomic E-state index is -0.209. The van der Waals surface area contributed by atoms with Crippen LogP contribution in [0.5, 0.6) is 0 Å². The van der Waals surface area contributed by atoms with Crippen molar-refractivity contribution in [2.75, 3.05) is 16.4 Å². The Morgan fingerprint density at radius 1 is 0.939 bits per heavy atom. The smallest absolute Gasteiger partial charge is 0.255 e. The Labute approximate surface area is 195 Å². The molecule has 4 rings (SSSR count). The van der Waals surface area contributed by atoms with Gasteiger partial charge in [-0.05, 0) is 54.6 Å². The number of hydrogen-bond acceptors (Lipinski definition) is 5. The summed E-state index contributed by atoms with van der Waals surface area (Å²) in [6, 6.07) is 25.2. The molecule has 4 aromatic rings. The minimum absolute atomic E-state index is 0.158. The molecular formula is C25H19N5O2S. The Kier molecular flexibility index (Phi) is 6.83. The van der Waals surface area contributed by atoms with Crippen LogP contribution in [0.3, 0.4) is 0 Å². The standard InChI is InChI=1S/C25H19N5O2S/c26-16-18-9-11-21(12-10-18)28-23(31)17-33-25-27-13-14-30(25)22-8-4-5-19(15-22)24(32)29-20-6-2-1-3-7-20/h1-15H,17H2,(H,28,31)(H,29,32). The van der Waals surface area contributed by atoms with Crippen LogP contribution in [-0.4, -0.2) is 27.1 Å². The van der Waals surface area contributed by atoms with Gasteiger partial charge in [-0.3, -0.25) is 14.2 Å². The van der Waals surface area contributed by atoms with Crippen molar-refractivity contribution >= 4 is 35.0 Å². The lowest BCUT2D eigenvalue weighted by atomic mass is 10.2. The van der Waals surface area contributed by atoms with Crippen molar-refractivity contribution in [3.05, 3.63) is 102 Å². The lowest BCUT2D eigenvalue weighted by Gasteiger charge is -2.10. The zero-order valence-electron chi connectivity index (χ0n) is 17.4. The molecule has 0 bridgehead atoms. The molecule has 2 amide bonds. The van der Waals surface area contributed by atoms with Crippen molar-refractivity contribution in [2.24, 2.45) is 0 Å². The van der Waals surface area contributed by atoms with Gasteiger partial charge in [0.1, 0.15) is 0 Å². The lowest BCUT2D eigenvalue weighted by molar-refractivity contribution is -0.113. The average molecular weight is 454 g/mol. The first-order valence-corrected chi connectivity index (χ1v) is 11.0. The topological polar surface area (TPSA) is 99.8 Å². The maximum absolute atomic E-state index is 12.6. The average Bonchev–Trinajstić information content (AvgIpc) is 3.33. The number of nitrogens with one attached hydrogen (secondary N) is 2. The third-order valence-corrected chi connectivity index (χ3v) is 5.62. The number of anilines is 2. The number of para-hydroxylation sites is 1. The number of amides is 2. The van der Waals surface area contributed by atoms with E-state index >= 15 is 0 Å². The molecule has 0 atom stereocenters. The molecule has 1 heterocycles. The second-order valence-electron chi connectivity index (χ2n) is 6.98. The van der Waals surface area contributed by atoms with E-state index in [0.29, 0.717) is 22.0 Å². The fraction of sp³-hybridized carbons (Fsp3) is 0.0400. The first-order valence-electron chi connectivity index (χ1n) is 10.1. The summed E-state index contributed by atoms with van der Waals surface area (Å²) < 4.78 is 1.83. The lowest BCUT2D eigenvalue weighted by Crippen LogP contribution is -2.14. The normalized spacial score (nSPS) is 10.3. The minimum Gasteiger partial charge on any atom is -0.325 e. The highest BCUT2D eigenvalue weighted by molar-refractivity contribution is 7.99. The monoisotopic (exact) mass is 453 g/mol. The number of carbonyl (C=O) groups is 2. The molecule has 3 aromatic carbocycles. The summed E-state index contributed by atoms with van der Waals surface area (Å²) in [4.78, 5) is 29.3. The van der Waals surface area contributed by atoms with Crippen molar-refractivity contribution in [1.29, 1.82) is 5.26 Å². The predicted octanol–water partition coefficient (Wildman–Crippen LogP) is 4.73. The molecule has 2 N–H and O–H groups in total. The molecule has 0 spiro atoms. The van der Waals surface area contributed by atoms with Gasteiger partial charge in [0.15, 0.2) is 5.16 Å². The summed E-state index contributed by atoms with van der Waals surface area (Å²) in [5.41, 5.74) is 3.16. The van der Waals surface area contributed by atoms with Crippen LogP contribution in [0.2, 0.25) is 0 Å². The molecule has 0 aliphatic carbocycles. The molecule has 0 aliphatic heterocycles. The number of hydrogen-bond donors (Lipinski definition) is 2. The number of carbonyl (C=O) groups excluding carboxylic acids is 2. The van der Waals surface area contributed by atoms with E-state index in [2.05, 4.69) is 15.6 Å². The first-order chi connectivity index (χ1) is 16.1. The van der Waals surface area contributed by atoms with Crippen molar-refractivity contribution in [3.8, 4) is 11.8 Å². The number of benzene rings is 3. The number of thioether (sulfide) groups is 1. The highest BCUT2D eigenvalue weighted by Gasteiger charge is 2.12. The van der Waals surface area contributed by atoms with Crippen LogP contribution in [0.4, 0.5) is 11.4 Å². The van der Waals surface area contributed by atoms with E-state index in [-0.39, 0.29) is 17.6 Å². The molecular weight excluding hydrogens is 434 g/mol. The van der Waals surface area contributed by atoms with Gasteiger partial charge in [-0.2, -0.15) is 5.26 Å². The van der Waals surface area contributed by atoms with E-state index in [1.54, 1.807) is 54.9 Å². The van der Waals surface area contributed by atoms with Gasteiger partial charge in [0.2, 0.25) is 5.91 Å². The number of aromatic nitrogens is 2. The predicted molar refractivity (Wildman–Crippen MR) is 128 cm³/mol. The van der Waals surface area contributed by atoms with E-state index in [4.69, 9.17) is 5.26 Å². The van der Waals surface area contributed by atoms with Crippen LogP contribution < -0.4 is 10.6 Å². The maximum atomic E-state index is 12.6. The third-order valence-electron chi connectivity index (χ3n) is 4.66. The van der Waals surface area contributed by atoms with Crippen LogP contribution in [-0.2, 0) is 4.79 Å². The summed E-state index contributed by atoms with van der Waals surface area (Å²) >= 11 is 1.29. The number of nitriles is 1. The third kappa shape index (κ3) is 5.67. The van der Waals surface area contributed by atoms with Gasteiger partial charge in [-0.15, -0.1) is 0 Å². The van der Waals surface area contributed by atoms with Crippen LogP contribution in [0.25, 0.3) is 5.69 Å². The quantitative estimate of drug-likeness (QED) is 0.394. The molecule has 0 saturated heterocycles.